The Kier molecular flexibility index (Phi) is 5.41. The van der Waals surface area contributed by atoms with Gasteiger partial charge >= 0.3 is 0 Å². The zero-order chi connectivity index (χ0) is 14.6. The van der Waals surface area contributed by atoms with Gasteiger partial charge in [0.15, 0.2) is 0 Å². The Hall–Kier alpha value is -0.650. The SMILES string of the molecule is CCN(CC)C(=O)C(C)NC1CCOC2(CCOC2)C1. The Bertz CT molecular complexity index is 325. The molecule has 1 amide bonds. The van der Waals surface area contributed by atoms with Gasteiger partial charge in [-0.3, -0.25) is 4.79 Å². The van der Waals surface area contributed by atoms with Crippen molar-refractivity contribution in [1.82, 2.24) is 10.2 Å². The molecule has 0 radical (unpaired) electrons. The molecule has 2 saturated heterocycles. The van der Waals surface area contributed by atoms with Crippen LogP contribution in [0, 0.1) is 0 Å². The third-order valence-electron chi connectivity index (χ3n) is 4.49. The number of nitrogens with one attached hydrogen (secondary N) is 1. The van der Waals surface area contributed by atoms with Gasteiger partial charge in [0.2, 0.25) is 5.91 Å². The minimum absolute atomic E-state index is 0.103. The molecule has 5 heteroatoms. The number of likely N-dealkylation sites (N-methyl/N-ethyl adjacent to an activating group) is 1. The molecule has 3 atom stereocenters. The third-order valence-corrected chi connectivity index (χ3v) is 4.49. The number of ether oxygens (including phenoxy) is 2. The maximum absolute atomic E-state index is 12.3. The standard InChI is InChI=1S/C15H28N2O3/c1-4-17(5-2)14(18)12(3)16-13-6-8-20-15(10-13)7-9-19-11-15/h12-13,16H,4-11H2,1-3H3. The van der Waals surface area contributed by atoms with Gasteiger partial charge in [-0.2, -0.15) is 0 Å². The predicted molar refractivity (Wildman–Crippen MR) is 77.7 cm³/mol. The van der Waals surface area contributed by atoms with Gasteiger partial charge in [-0.15, -0.1) is 0 Å². The summed E-state index contributed by atoms with van der Waals surface area (Å²) in [5.74, 6) is 0.193. The summed E-state index contributed by atoms with van der Waals surface area (Å²) in [7, 11) is 0. The molecule has 0 aromatic carbocycles. The van der Waals surface area contributed by atoms with Crippen LogP contribution in [0.4, 0.5) is 0 Å². The molecule has 0 aliphatic carbocycles. The van der Waals surface area contributed by atoms with Crippen LogP contribution in [-0.2, 0) is 14.3 Å². The van der Waals surface area contributed by atoms with E-state index >= 15 is 0 Å². The minimum Gasteiger partial charge on any atom is -0.378 e. The van der Waals surface area contributed by atoms with Gasteiger partial charge in [-0.05, 0) is 33.6 Å². The van der Waals surface area contributed by atoms with E-state index in [-0.39, 0.29) is 17.6 Å². The topological polar surface area (TPSA) is 50.8 Å². The van der Waals surface area contributed by atoms with Crippen LogP contribution in [0.3, 0.4) is 0 Å². The van der Waals surface area contributed by atoms with E-state index in [2.05, 4.69) is 5.32 Å². The first-order valence-electron chi connectivity index (χ1n) is 7.87. The van der Waals surface area contributed by atoms with Gasteiger partial charge in [-0.1, -0.05) is 0 Å². The number of carbonyl (C=O) groups is 1. The molecule has 0 aromatic rings. The van der Waals surface area contributed by atoms with Crippen molar-refractivity contribution >= 4 is 5.91 Å². The smallest absolute Gasteiger partial charge is 0.239 e. The molecular weight excluding hydrogens is 256 g/mol. The predicted octanol–water partition coefficient (Wildman–Crippen LogP) is 1.17. The highest BCUT2D eigenvalue weighted by molar-refractivity contribution is 5.81. The van der Waals surface area contributed by atoms with Gasteiger partial charge < -0.3 is 19.7 Å². The summed E-state index contributed by atoms with van der Waals surface area (Å²) < 4.78 is 11.4. The summed E-state index contributed by atoms with van der Waals surface area (Å²) in [6, 6.07) is 0.220. The lowest BCUT2D eigenvalue weighted by Gasteiger charge is -2.38. The molecule has 116 valence electrons. The number of rotatable bonds is 5. The highest BCUT2D eigenvalue weighted by atomic mass is 16.6. The molecule has 2 heterocycles. The fourth-order valence-electron chi connectivity index (χ4n) is 3.27. The quantitative estimate of drug-likeness (QED) is 0.823. The van der Waals surface area contributed by atoms with E-state index in [4.69, 9.17) is 9.47 Å². The maximum Gasteiger partial charge on any atom is 0.239 e. The van der Waals surface area contributed by atoms with Crippen LogP contribution >= 0.6 is 0 Å². The minimum atomic E-state index is -0.127. The molecule has 5 nitrogen and oxygen atoms in total. The molecule has 2 fully saturated rings. The number of carbonyl (C=O) groups excluding carboxylic acids is 1. The van der Waals surface area contributed by atoms with Gasteiger partial charge in [0.1, 0.15) is 0 Å². The zero-order valence-corrected chi connectivity index (χ0v) is 13.0. The molecule has 2 aliphatic rings. The first-order valence-corrected chi connectivity index (χ1v) is 7.87. The Morgan fingerprint density at radius 3 is 2.75 bits per heavy atom. The second-order valence-electron chi connectivity index (χ2n) is 5.92. The van der Waals surface area contributed by atoms with Crippen LogP contribution < -0.4 is 5.32 Å². The van der Waals surface area contributed by atoms with E-state index in [1.807, 2.05) is 25.7 Å². The lowest BCUT2D eigenvalue weighted by molar-refractivity contribution is -0.134. The van der Waals surface area contributed by atoms with Crippen molar-refractivity contribution in [2.45, 2.75) is 57.7 Å². The van der Waals surface area contributed by atoms with Crippen molar-refractivity contribution in [1.29, 1.82) is 0 Å². The summed E-state index contributed by atoms with van der Waals surface area (Å²) in [6.07, 6.45) is 2.89. The second kappa shape index (κ2) is 6.87. The van der Waals surface area contributed by atoms with E-state index in [0.717, 1.165) is 45.6 Å². The van der Waals surface area contributed by atoms with E-state index < -0.39 is 0 Å². The average Bonchev–Trinajstić information content (AvgIpc) is 2.88. The van der Waals surface area contributed by atoms with E-state index in [1.165, 1.54) is 0 Å². The zero-order valence-electron chi connectivity index (χ0n) is 13.0. The summed E-state index contributed by atoms with van der Waals surface area (Å²) in [6.45, 7) is 9.80. The Labute approximate surface area is 122 Å². The highest BCUT2D eigenvalue weighted by Crippen LogP contribution is 2.32. The molecule has 1 N–H and O–H groups in total. The van der Waals surface area contributed by atoms with Crippen molar-refractivity contribution in [3.8, 4) is 0 Å². The first kappa shape index (κ1) is 15.7. The molecule has 1 spiro atoms. The molecular formula is C15H28N2O3. The van der Waals surface area contributed by atoms with Crippen molar-refractivity contribution in [2.75, 3.05) is 32.9 Å². The molecule has 20 heavy (non-hydrogen) atoms. The Morgan fingerprint density at radius 1 is 1.40 bits per heavy atom. The molecule has 2 aliphatic heterocycles. The molecule has 0 bridgehead atoms. The first-order chi connectivity index (χ1) is 9.60. The second-order valence-corrected chi connectivity index (χ2v) is 5.92. The summed E-state index contributed by atoms with van der Waals surface area (Å²) >= 11 is 0. The molecule has 3 unspecified atom stereocenters. The summed E-state index contributed by atoms with van der Waals surface area (Å²) in [5.41, 5.74) is -0.103. The normalized spacial score (nSPS) is 31.4. The fourth-order valence-corrected chi connectivity index (χ4v) is 3.27. The molecule has 0 saturated carbocycles. The lowest BCUT2D eigenvalue weighted by Crippen LogP contribution is -2.53. The third kappa shape index (κ3) is 3.51. The van der Waals surface area contributed by atoms with Crippen molar-refractivity contribution in [3.05, 3.63) is 0 Å². The Balaban J connectivity index is 1.87. The van der Waals surface area contributed by atoms with Gasteiger partial charge in [0.25, 0.3) is 0 Å². The Morgan fingerprint density at radius 2 is 2.15 bits per heavy atom. The average molecular weight is 284 g/mol. The summed E-state index contributed by atoms with van der Waals surface area (Å²) in [5, 5.41) is 3.49. The van der Waals surface area contributed by atoms with Gasteiger partial charge in [-0.25, -0.2) is 0 Å². The van der Waals surface area contributed by atoms with E-state index in [0.29, 0.717) is 12.6 Å². The van der Waals surface area contributed by atoms with Crippen LogP contribution in [0.2, 0.25) is 0 Å². The number of amides is 1. The maximum atomic E-state index is 12.3. The summed E-state index contributed by atoms with van der Waals surface area (Å²) in [4.78, 5) is 14.2. The fraction of sp³-hybridized carbons (Fsp3) is 0.933. The van der Waals surface area contributed by atoms with Crippen LogP contribution in [0.5, 0.6) is 0 Å². The largest absolute Gasteiger partial charge is 0.378 e. The van der Waals surface area contributed by atoms with Crippen molar-refractivity contribution in [3.63, 3.8) is 0 Å². The number of nitrogens with zero attached hydrogens (tertiary/aromatic N) is 1. The number of hydrogen-bond acceptors (Lipinski definition) is 4. The van der Waals surface area contributed by atoms with Crippen LogP contribution in [0.1, 0.15) is 40.0 Å². The van der Waals surface area contributed by atoms with Crippen LogP contribution in [0.15, 0.2) is 0 Å². The monoisotopic (exact) mass is 284 g/mol. The van der Waals surface area contributed by atoms with Crippen molar-refractivity contribution in [2.24, 2.45) is 0 Å². The van der Waals surface area contributed by atoms with Crippen molar-refractivity contribution < 1.29 is 14.3 Å². The molecule has 2 rings (SSSR count). The van der Waals surface area contributed by atoms with E-state index in [1.54, 1.807) is 0 Å². The number of hydrogen-bond donors (Lipinski definition) is 1. The molecule has 0 aromatic heterocycles. The van der Waals surface area contributed by atoms with E-state index in [9.17, 15) is 4.79 Å². The van der Waals surface area contributed by atoms with Crippen LogP contribution in [0.25, 0.3) is 0 Å². The lowest BCUT2D eigenvalue weighted by atomic mass is 9.89. The van der Waals surface area contributed by atoms with Gasteiger partial charge in [0.05, 0.1) is 18.2 Å². The van der Waals surface area contributed by atoms with Gasteiger partial charge in [0, 0.05) is 38.8 Å². The van der Waals surface area contributed by atoms with Crippen LogP contribution in [-0.4, -0.2) is 61.4 Å². The highest BCUT2D eigenvalue weighted by Gasteiger charge is 2.41.